The fourth-order valence-electron chi connectivity index (χ4n) is 0.175. The van der Waals surface area contributed by atoms with Gasteiger partial charge < -0.3 is 16.0 Å². The molecule has 1 atom stereocenters. The summed E-state index contributed by atoms with van der Waals surface area (Å²) in [5.41, 5.74) is 5.02. The third kappa shape index (κ3) is 9.95. The van der Waals surface area contributed by atoms with Crippen molar-refractivity contribution < 1.29 is 15.1 Å². The average Bonchev–Trinajstić information content (AvgIpc) is 1.88. The van der Waals surface area contributed by atoms with Crippen molar-refractivity contribution in [2.75, 3.05) is 0 Å². The SMILES string of the molecule is CCC(N)C(=O)O.O=NO. The highest BCUT2D eigenvalue weighted by molar-refractivity contribution is 5.72. The lowest BCUT2D eigenvalue weighted by molar-refractivity contribution is -0.138. The zero-order valence-corrected chi connectivity index (χ0v) is 5.52. The molecule has 0 rings (SSSR count). The smallest absolute Gasteiger partial charge is 0.320 e. The summed E-state index contributed by atoms with van der Waals surface area (Å²) in [6.45, 7) is 1.73. The Morgan fingerprint density at radius 1 is 1.80 bits per heavy atom. The van der Waals surface area contributed by atoms with Gasteiger partial charge in [0.15, 0.2) is 5.34 Å². The van der Waals surface area contributed by atoms with Crippen LogP contribution in [0.3, 0.4) is 0 Å². The zero-order valence-electron chi connectivity index (χ0n) is 5.52. The molecule has 0 radical (unpaired) electrons. The van der Waals surface area contributed by atoms with Gasteiger partial charge in [-0.1, -0.05) is 6.92 Å². The standard InChI is InChI=1S/C4H9NO2.HNO2/c1-2-3(5)4(6)7;2-1-3/h3H,2,5H2,1H3,(H,6,7);(H,2,3). The van der Waals surface area contributed by atoms with Crippen LogP contribution in [-0.4, -0.2) is 22.3 Å². The number of carbonyl (C=O) groups is 1. The molecule has 0 aromatic rings. The molecule has 6 nitrogen and oxygen atoms in total. The molecule has 0 aliphatic rings. The van der Waals surface area contributed by atoms with E-state index in [0.717, 1.165) is 0 Å². The van der Waals surface area contributed by atoms with Crippen molar-refractivity contribution in [3.05, 3.63) is 4.91 Å². The van der Waals surface area contributed by atoms with E-state index in [4.69, 9.17) is 21.0 Å². The van der Waals surface area contributed by atoms with E-state index in [0.29, 0.717) is 6.42 Å². The number of carboxylic acids is 1. The molecule has 0 fully saturated rings. The van der Waals surface area contributed by atoms with Crippen molar-refractivity contribution in [1.82, 2.24) is 0 Å². The van der Waals surface area contributed by atoms with E-state index in [9.17, 15) is 4.79 Å². The van der Waals surface area contributed by atoms with Crippen LogP contribution in [0.1, 0.15) is 13.3 Å². The second-order valence-electron chi connectivity index (χ2n) is 1.43. The van der Waals surface area contributed by atoms with Crippen molar-refractivity contribution in [3.8, 4) is 0 Å². The first-order valence-electron chi connectivity index (χ1n) is 2.55. The molecule has 0 aromatic heterocycles. The minimum Gasteiger partial charge on any atom is -0.480 e. The first-order valence-corrected chi connectivity index (χ1v) is 2.55. The zero-order chi connectivity index (χ0) is 8.57. The van der Waals surface area contributed by atoms with Crippen LogP contribution in [0.5, 0.6) is 0 Å². The van der Waals surface area contributed by atoms with Gasteiger partial charge in [-0.05, 0) is 6.42 Å². The average molecular weight is 150 g/mol. The van der Waals surface area contributed by atoms with Crippen LogP contribution >= 0.6 is 0 Å². The van der Waals surface area contributed by atoms with E-state index in [1.165, 1.54) is 5.34 Å². The predicted molar refractivity (Wildman–Crippen MR) is 33.5 cm³/mol. The Bertz CT molecular complexity index is 105. The van der Waals surface area contributed by atoms with E-state index >= 15 is 0 Å². The fraction of sp³-hybridized carbons (Fsp3) is 0.750. The van der Waals surface area contributed by atoms with Gasteiger partial charge in [0.1, 0.15) is 6.04 Å². The molecule has 0 saturated heterocycles. The monoisotopic (exact) mass is 150 g/mol. The molecule has 60 valence electrons. The van der Waals surface area contributed by atoms with Gasteiger partial charge in [0.2, 0.25) is 0 Å². The van der Waals surface area contributed by atoms with Crippen molar-refractivity contribution in [2.45, 2.75) is 19.4 Å². The molecule has 10 heavy (non-hydrogen) atoms. The number of hydrogen-bond donors (Lipinski definition) is 3. The number of hydrogen-bond acceptors (Lipinski definition) is 4. The van der Waals surface area contributed by atoms with Crippen molar-refractivity contribution >= 4 is 5.97 Å². The Kier molecular flexibility index (Phi) is 9.09. The molecule has 0 saturated carbocycles. The molecule has 0 spiro atoms. The van der Waals surface area contributed by atoms with E-state index in [2.05, 4.69) is 0 Å². The molecule has 1 unspecified atom stereocenters. The molecular weight excluding hydrogens is 140 g/mol. The molecule has 0 heterocycles. The summed E-state index contributed by atoms with van der Waals surface area (Å²) in [5.74, 6) is -0.928. The van der Waals surface area contributed by atoms with Gasteiger partial charge in [-0.25, -0.2) is 0 Å². The number of rotatable bonds is 2. The first-order chi connectivity index (χ1) is 4.59. The molecule has 0 aliphatic carbocycles. The van der Waals surface area contributed by atoms with Gasteiger partial charge in [0, 0.05) is 0 Å². The maximum absolute atomic E-state index is 9.81. The first kappa shape index (κ1) is 11.6. The highest BCUT2D eigenvalue weighted by Gasteiger charge is 2.05. The van der Waals surface area contributed by atoms with Crippen LogP contribution in [0.4, 0.5) is 0 Å². The van der Waals surface area contributed by atoms with Crippen molar-refractivity contribution in [3.63, 3.8) is 0 Å². The minimum atomic E-state index is -0.928. The predicted octanol–water partition coefficient (Wildman–Crippen LogP) is -0.0497. The summed E-state index contributed by atoms with van der Waals surface area (Å²) < 4.78 is 0. The van der Waals surface area contributed by atoms with E-state index in [-0.39, 0.29) is 0 Å². The molecule has 0 aliphatic heterocycles. The number of aliphatic carboxylic acids is 1. The van der Waals surface area contributed by atoms with Crippen LogP contribution in [-0.2, 0) is 4.79 Å². The highest BCUT2D eigenvalue weighted by atomic mass is 16.6. The van der Waals surface area contributed by atoms with Gasteiger partial charge >= 0.3 is 5.97 Å². The quantitative estimate of drug-likeness (QED) is 0.377. The van der Waals surface area contributed by atoms with Crippen LogP contribution < -0.4 is 5.73 Å². The third-order valence-electron chi connectivity index (χ3n) is 0.757. The summed E-state index contributed by atoms with van der Waals surface area (Å²) in [4.78, 5) is 17.9. The topological polar surface area (TPSA) is 113 Å². The molecular formula is C4H10N2O4. The van der Waals surface area contributed by atoms with Crippen LogP contribution in [0.15, 0.2) is 5.34 Å². The van der Waals surface area contributed by atoms with Gasteiger partial charge in [-0.3, -0.25) is 4.79 Å². The van der Waals surface area contributed by atoms with Crippen LogP contribution in [0, 0.1) is 4.91 Å². The van der Waals surface area contributed by atoms with Gasteiger partial charge in [-0.15, -0.1) is 4.91 Å². The van der Waals surface area contributed by atoms with Gasteiger partial charge in [0.05, 0.1) is 0 Å². The normalized spacial score (nSPS) is 10.6. The summed E-state index contributed by atoms with van der Waals surface area (Å²) in [5, 5.41) is 15.9. The summed E-state index contributed by atoms with van der Waals surface area (Å²) >= 11 is 0. The lowest BCUT2D eigenvalue weighted by Gasteiger charge is -1.97. The van der Waals surface area contributed by atoms with Crippen molar-refractivity contribution in [1.29, 1.82) is 0 Å². The Morgan fingerprint density at radius 3 is 2.10 bits per heavy atom. The molecule has 6 heteroatoms. The van der Waals surface area contributed by atoms with Crippen LogP contribution in [0.2, 0.25) is 0 Å². The molecule has 4 N–H and O–H groups in total. The molecule has 0 aromatic carbocycles. The summed E-state index contributed by atoms with van der Waals surface area (Å²) in [6, 6.07) is -0.681. The number of carboxylic acid groups (broad SMARTS) is 1. The van der Waals surface area contributed by atoms with Crippen LogP contribution in [0.25, 0.3) is 0 Å². The summed E-state index contributed by atoms with van der Waals surface area (Å²) in [6.07, 6.45) is 0.495. The summed E-state index contributed by atoms with van der Waals surface area (Å²) in [7, 11) is 0. The lowest BCUT2D eigenvalue weighted by Crippen LogP contribution is -2.28. The van der Waals surface area contributed by atoms with Gasteiger partial charge in [0.25, 0.3) is 0 Å². The Morgan fingerprint density at radius 2 is 2.10 bits per heavy atom. The number of nitrogens with two attached hydrogens (primary N) is 1. The van der Waals surface area contributed by atoms with E-state index < -0.39 is 12.0 Å². The lowest BCUT2D eigenvalue weighted by atomic mass is 10.2. The van der Waals surface area contributed by atoms with Gasteiger partial charge in [-0.2, -0.15) is 0 Å². The Balaban J connectivity index is 0. The third-order valence-corrected chi connectivity index (χ3v) is 0.757. The van der Waals surface area contributed by atoms with E-state index in [1.54, 1.807) is 6.92 Å². The second-order valence-corrected chi connectivity index (χ2v) is 1.43. The molecule has 0 amide bonds. The molecule has 0 bridgehead atoms. The maximum Gasteiger partial charge on any atom is 0.320 e. The Labute approximate surface area is 57.6 Å². The maximum atomic E-state index is 9.81. The highest BCUT2D eigenvalue weighted by Crippen LogP contribution is 1.82. The largest absolute Gasteiger partial charge is 0.480 e. The number of nitrogens with zero attached hydrogens (tertiary/aromatic N) is 1. The second kappa shape index (κ2) is 7.83. The Hall–Kier alpha value is -1.17. The van der Waals surface area contributed by atoms with Crippen molar-refractivity contribution in [2.24, 2.45) is 11.1 Å². The van der Waals surface area contributed by atoms with E-state index in [1.807, 2.05) is 0 Å². The fourth-order valence-corrected chi connectivity index (χ4v) is 0.175. The minimum absolute atomic E-state index is 0.495.